The molecule has 2 aromatic carbocycles. The van der Waals surface area contributed by atoms with Crippen LogP contribution in [0.15, 0.2) is 48.5 Å². The normalized spacial score (nSPS) is 23.9. The molecule has 0 radical (unpaired) electrons. The minimum Gasteiger partial charge on any atom is -0.392 e. The van der Waals surface area contributed by atoms with Crippen LogP contribution < -0.4 is 0 Å². The summed E-state index contributed by atoms with van der Waals surface area (Å²) in [5, 5.41) is 0. The molecule has 0 spiro atoms. The molecule has 0 aromatic heterocycles. The molecule has 0 saturated heterocycles. The predicted octanol–water partition coefficient (Wildman–Crippen LogP) is 6.99. The highest BCUT2D eigenvalue weighted by molar-refractivity contribution is 5.97. The summed E-state index contributed by atoms with van der Waals surface area (Å²) >= 11 is 0. The second-order valence-electron chi connectivity index (χ2n) is 10.1. The van der Waals surface area contributed by atoms with Gasteiger partial charge in [-0.15, -0.1) is 0 Å². The van der Waals surface area contributed by atoms with Gasteiger partial charge < -0.3 is 4.74 Å². The quantitative estimate of drug-likeness (QED) is 0.324. The molecule has 3 heteroatoms. The van der Waals surface area contributed by atoms with E-state index < -0.39 is 10.8 Å². The Bertz CT molecular complexity index is 914. The number of hydrogen-bond donors (Lipinski definition) is 0. The highest BCUT2D eigenvalue weighted by Gasteiger charge is 2.49. The molecule has 0 saturated carbocycles. The Balaban J connectivity index is 1.69. The first-order valence-corrected chi connectivity index (χ1v) is 13.0. The van der Waals surface area contributed by atoms with E-state index >= 15 is 0 Å². The van der Waals surface area contributed by atoms with Crippen LogP contribution in [0.25, 0.3) is 0 Å². The highest BCUT2D eigenvalue weighted by atomic mass is 16.6. The van der Waals surface area contributed by atoms with Gasteiger partial charge in [0.05, 0.1) is 10.8 Å². The van der Waals surface area contributed by atoms with Crippen LogP contribution in [-0.2, 0) is 38.0 Å². The highest BCUT2D eigenvalue weighted by Crippen LogP contribution is 2.45. The van der Waals surface area contributed by atoms with Crippen LogP contribution in [0.4, 0.5) is 0 Å². The summed E-state index contributed by atoms with van der Waals surface area (Å²) in [6.07, 6.45) is 10.8. The largest absolute Gasteiger partial charge is 0.392 e. The minimum absolute atomic E-state index is 0.327. The number of aryl methyl sites for hydroxylation is 2. The van der Waals surface area contributed by atoms with Crippen LogP contribution >= 0.6 is 0 Å². The maximum atomic E-state index is 13.9. The van der Waals surface area contributed by atoms with Gasteiger partial charge in [0.2, 0.25) is 0 Å². The SMILES string of the molecule is CCCCC1(C(=O)OC(=O)C2(CCCC)CCCc3ccccc32)CCCc2ccccc21. The summed E-state index contributed by atoms with van der Waals surface area (Å²) in [7, 11) is 0. The maximum Gasteiger partial charge on any atom is 0.324 e. The predicted molar refractivity (Wildman–Crippen MR) is 132 cm³/mol. The van der Waals surface area contributed by atoms with Crippen molar-refractivity contribution in [3.05, 3.63) is 70.8 Å². The molecule has 33 heavy (non-hydrogen) atoms. The van der Waals surface area contributed by atoms with Gasteiger partial charge in [0, 0.05) is 0 Å². The monoisotopic (exact) mass is 446 g/mol. The van der Waals surface area contributed by atoms with Gasteiger partial charge in [0.25, 0.3) is 0 Å². The van der Waals surface area contributed by atoms with Crippen LogP contribution in [0.5, 0.6) is 0 Å². The third-order valence-electron chi connectivity index (χ3n) is 8.05. The first kappa shape index (κ1) is 23.7. The zero-order chi connectivity index (χ0) is 23.3. The molecule has 4 rings (SSSR count). The van der Waals surface area contributed by atoms with Crippen molar-refractivity contribution < 1.29 is 14.3 Å². The van der Waals surface area contributed by atoms with E-state index in [1.54, 1.807) is 0 Å². The molecule has 0 amide bonds. The van der Waals surface area contributed by atoms with Crippen LogP contribution in [0.2, 0.25) is 0 Å². The second kappa shape index (κ2) is 10.2. The number of esters is 2. The zero-order valence-electron chi connectivity index (χ0n) is 20.3. The van der Waals surface area contributed by atoms with Gasteiger partial charge in [-0.05, 0) is 73.6 Å². The topological polar surface area (TPSA) is 43.4 Å². The lowest BCUT2D eigenvalue weighted by Crippen LogP contribution is -2.47. The van der Waals surface area contributed by atoms with Crippen molar-refractivity contribution >= 4 is 11.9 Å². The number of carbonyl (C=O) groups excluding carboxylic acids is 2. The number of ether oxygens (including phenoxy) is 1. The summed E-state index contributed by atoms with van der Waals surface area (Å²) in [5.74, 6) is -0.654. The third kappa shape index (κ3) is 4.39. The molecule has 0 heterocycles. The standard InChI is InChI=1S/C30H38O3/c1-3-5-19-29(21-11-15-23-13-7-9-17-25(23)29)27(31)33-28(32)30(20-6-4-2)22-12-16-24-14-8-10-18-26(24)30/h7-10,13-14,17-18H,3-6,11-12,15-16,19-22H2,1-2H3. The number of benzene rings is 2. The molecule has 0 aliphatic heterocycles. The number of hydrogen-bond acceptors (Lipinski definition) is 3. The van der Waals surface area contributed by atoms with Gasteiger partial charge in [0.15, 0.2) is 0 Å². The van der Waals surface area contributed by atoms with Gasteiger partial charge in [-0.25, -0.2) is 0 Å². The Hall–Kier alpha value is -2.42. The van der Waals surface area contributed by atoms with Crippen molar-refractivity contribution in [2.24, 2.45) is 0 Å². The molecule has 2 aliphatic rings. The van der Waals surface area contributed by atoms with Crippen LogP contribution in [0, 0.1) is 0 Å². The van der Waals surface area contributed by atoms with Gasteiger partial charge in [-0.2, -0.15) is 0 Å². The van der Waals surface area contributed by atoms with Gasteiger partial charge in [0.1, 0.15) is 0 Å². The van der Waals surface area contributed by atoms with E-state index in [9.17, 15) is 9.59 Å². The zero-order valence-corrected chi connectivity index (χ0v) is 20.3. The molecule has 0 bridgehead atoms. The van der Waals surface area contributed by atoms with Crippen molar-refractivity contribution in [1.29, 1.82) is 0 Å². The smallest absolute Gasteiger partial charge is 0.324 e. The molecule has 0 N–H and O–H groups in total. The van der Waals surface area contributed by atoms with E-state index in [2.05, 4.69) is 38.1 Å². The number of rotatable bonds is 8. The summed E-state index contributed by atoms with van der Waals surface area (Å²) in [4.78, 5) is 27.9. The molecular formula is C30H38O3. The van der Waals surface area contributed by atoms with Crippen molar-refractivity contribution in [3.63, 3.8) is 0 Å². The van der Waals surface area contributed by atoms with Crippen molar-refractivity contribution in [2.75, 3.05) is 0 Å². The van der Waals surface area contributed by atoms with Gasteiger partial charge in [-0.1, -0.05) is 88.1 Å². The molecular weight excluding hydrogens is 408 g/mol. The second-order valence-corrected chi connectivity index (χ2v) is 10.1. The minimum atomic E-state index is -0.708. The molecule has 3 nitrogen and oxygen atoms in total. The van der Waals surface area contributed by atoms with Gasteiger partial charge >= 0.3 is 11.9 Å². The number of unbranched alkanes of at least 4 members (excludes halogenated alkanes) is 2. The third-order valence-corrected chi connectivity index (χ3v) is 8.05. The van der Waals surface area contributed by atoms with Crippen LogP contribution in [0.3, 0.4) is 0 Å². The maximum absolute atomic E-state index is 13.9. The molecule has 176 valence electrons. The van der Waals surface area contributed by atoms with E-state index in [4.69, 9.17) is 4.74 Å². The molecule has 2 aliphatic carbocycles. The van der Waals surface area contributed by atoms with Crippen molar-refractivity contribution in [3.8, 4) is 0 Å². The van der Waals surface area contributed by atoms with E-state index in [0.717, 1.165) is 88.2 Å². The fraction of sp³-hybridized carbons (Fsp3) is 0.533. The summed E-state index contributed by atoms with van der Waals surface area (Å²) in [6.45, 7) is 4.30. The Morgan fingerprint density at radius 1 is 0.727 bits per heavy atom. The molecule has 0 fully saturated rings. The lowest BCUT2D eigenvalue weighted by molar-refractivity contribution is -0.169. The fourth-order valence-corrected chi connectivity index (χ4v) is 6.23. The average Bonchev–Trinajstić information content (AvgIpc) is 2.86. The number of carbonyl (C=O) groups is 2. The average molecular weight is 447 g/mol. The van der Waals surface area contributed by atoms with E-state index in [0.29, 0.717) is 0 Å². The summed E-state index contributed by atoms with van der Waals surface area (Å²) < 4.78 is 5.97. The van der Waals surface area contributed by atoms with Crippen LogP contribution in [-0.4, -0.2) is 11.9 Å². The Morgan fingerprint density at radius 3 is 1.58 bits per heavy atom. The Kier molecular flexibility index (Phi) is 7.36. The fourth-order valence-electron chi connectivity index (χ4n) is 6.23. The van der Waals surface area contributed by atoms with Gasteiger partial charge in [-0.3, -0.25) is 9.59 Å². The van der Waals surface area contributed by atoms with Crippen molar-refractivity contribution in [1.82, 2.24) is 0 Å². The molecule has 2 atom stereocenters. The molecule has 2 unspecified atom stereocenters. The van der Waals surface area contributed by atoms with Crippen LogP contribution in [0.1, 0.15) is 100 Å². The number of fused-ring (bicyclic) bond motifs is 2. The van der Waals surface area contributed by atoms with E-state index in [1.165, 1.54) is 11.1 Å². The van der Waals surface area contributed by atoms with Crippen molar-refractivity contribution in [2.45, 2.75) is 102 Å². The lowest BCUT2D eigenvalue weighted by atomic mass is 9.66. The molecule has 2 aromatic rings. The first-order chi connectivity index (χ1) is 16.1. The lowest BCUT2D eigenvalue weighted by Gasteiger charge is -2.40. The Labute approximate surface area is 198 Å². The summed E-state index contributed by atoms with van der Waals surface area (Å²) in [5.41, 5.74) is 3.20. The van der Waals surface area contributed by atoms with E-state index in [1.807, 2.05) is 24.3 Å². The first-order valence-electron chi connectivity index (χ1n) is 13.0. The Morgan fingerprint density at radius 2 is 1.15 bits per heavy atom. The summed E-state index contributed by atoms with van der Waals surface area (Å²) in [6, 6.07) is 16.5. The van der Waals surface area contributed by atoms with E-state index in [-0.39, 0.29) is 11.9 Å².